The van der Waals surface area contributed by atoms with Crippen LogP contribution in [0.25, 0.3) is 0 Å². The third-order valence-corrected chi connectivity index (χ3v) is 9.75. The van der Waals surface area contributed by atoms with E-state index < -0.39 is 32.5 Å². The molecule has 0 aromatic heterocycles. The number of allylic oxidation sites excluding steroid dienone is 18. The van der Waals surface area contributed by atoms with Crippen LogP contribution in [0.5, 0.6) is 0 Å². The van der Waals surface area contributed by atoms with Gasteiger partial charge in [0.05, 0.1) is 27.7 Å². The van der Waals surface area contributed by atoms with Crippen LogP contribution in [0.4, 0.5) is 0 Å². The maximum absolute atomic E-state index is 12.7. The highest BCUT2D eigenvalue weighted by Crippen LogP contribution is 2.38. The van der Waals surface area contributed by atoms with Gasteiger partial charge in [0.2, 0.25) is 0 Å². The highest BCUT2D eigenvalue weighted by molar-refractivity contribution is 7.45. The molecule has 1 unspecified atom stereocenters. The molecule has 0 aliphatic rings. The van der Waals surface area contributed by atoms with E-state index in [1.807, 2.05) is 21.1 Å². The van der Waals surface area contributed by atoms with E-state index in [1.165, 1.54) is 0 Å². The summed E-state index contributed by atoms with van der Waals surface area (Å²) in [6.07, 6.45) is 55.4. The van der Waals surface area contributed by atoms with Crippen molar-refractivity contribution in [1.82, 2.24) is 0 Å². The van der Waals surface area contributed by atoms with Crippen LogP contribution >= 0.6 is 7.82 Å². The molecule has 9 nitrogen and oxygen atoms in total. The molecule has 0 rings (SSSR count). The minimum atomic E-state index is -4.65. The molecule has 0 fully saturated rings. The summed E-state index contributed by atoms with van der Waals surface area (Å²) < 4.78 is 33.9. The molecule has 0 N–H and O–H groups in total. The minimum absolute atomic E-state index is 0.0488. The van der Waals surface area contributed by atoms with Crippen molar-refractivity contribution < 1.29 is 42.1 Å². The zero-order chi connectivity index (χ0) is 44.3. The average Bonchev–Trinajstić information content (AvgIpc) is 3.20. The molecule has 0 saturated carbocycles. The van der Waals surface area contributed by atoms with Gasteiger partial charge in [-0.2, -0.15) is 0 Å². The van der Waals surface area contributed by atoms with Gasteiger partial charge in [-0.25, -0.2) is 0 Å². The second-order valence-corrected chi connectivity index (χ2v) is 17.1. The predicted octanol–water partition coefficient (Wildman–Crippen LogP) is 12.5. The number of phosphoric ester groups is 1. The number of esters is 2. The monoisotopic (exact) mass is 856 g/mol. The molecule has 340 valence electrons. The zero-order valence-electron chi connectivity index (χ0n) is 38.1. The lowest BCUT2D eigenvalue weighted by atomic mass is 10.1. The van der Waals surface area contributed by atoms with Gasteiger partial charge in [-0.15, -0.1) is 0 Å². The van der Waals surface area contributed by atoms with Crippen molar-refractivity contribution >= 4 is 19.8 Å². The maximum Gasteiger partial charge on any atom is 0.306 e. The lowest BCUT2D eigenvalue weighted by Gasteiger charge is -2.28. The van der Waals surface area contributed by atoms with Crippen molar-refractivity contribution in [3.8, 4) is 0 Å². The fourth-order valence-electron chi connectivity index (χ4n) is 5.32. The van der Waals surface area contributed by atoms with Gasteiger partial charge in [0.1, 0.15) is 19.8 Å². The van der Waals surface area contributed by atoms with Crippen LogP contribution in [0, 0.1) is 0 Å². The van der Waals surface area contributed by atoms with Crippen molar-refractivity contribution in [2.24, 2.45) is 0 Å². The fraction of sp³-hybridized carbons (Fsp3) is 0.600. The molecule has 60 heavy (non-hydrogen) atoms. The Kier molecular flexibility index (Phi) is 38.8. The van der Waals surface area contributed by atoms with Crippen molar-refractivity contribution in [1.29, 1.82) is 0 Å². The third kappa shape index (κ3) is 44.2. The molecule has 0 bridgehead atoms. The van der Waals surface area contributed by atoms with Gasteiger partial charge in [0, 0.05) is 12.8 Å². The van der Waals surface area contributed by atoms with Crippen LogP contribution in [0.15, 0.2) is 109 Å². The maximum atomic E-state index is 12.7. The highest BCUT2D eigenvalue weighted by atomic mass is 31.2. The Morgan fingerprint density at radius 1 is 0.517 bits per heavy atom. The van der Waals surface area contributed by atoms with Gasteiger partial charge < -0.3 is 27.9 Å². The number of quaternary nitrogens is 1. The molecular weight excluding hydrogens is 774 g/mol. The highest BCUT2D eigenvalue weighted by Gasteiger charge is 2.21. The van der Waals surface area contributed by atoms with Crippen LogP contribution in [0.2, 0.25) is 0 Å². The van der Waals surface area contributed by atoms with E-state index in [9.17, 15) is 19.0 Å². The normalized spacial score (nSPS) is 14.6. The summed E-state index contributed by atoms with van der Waals surface area (Å²) in [6, 6.07) is 0. The van der Waals surface area contributed by atoms with Crippen LogP contribution in [-0.4, -0.2) is 70.0 Å². The van der Waals surface area contributed by atoms with Gasteiger partial charge in [0.25, 0.3) is 7.82 Å². The first kappa shape index (κ1) is 56.7. The second kappa shape index (κ2) is 41.0. The van der Waals surface area contributed by atoms with E-state index in [0.717, 1.165) is 103 Å². The molecular formula is C50H82NO8P. The first-order valence-electron chi connectivity index (χ1n) is 22.6. The zero-order valence-corrected chi connectivity index (χ0v) is 39.0. The Morgan fingerprint density at radius 3 is 1.33 bits per heavy atom. The van der Waals surface area contributed by atoms with E-state index in [4.69, 9.17) is 18.5 Å². The van der Waals surface area contributed by atoms with Gasteiger partial charge in [-0.1, -0.05) is 142 Å². The summed E-state index contributed by atoms with van der Waals surface area (Å²) in [5.41, 5.74) is 0. The van der Waals surface area contributed by atoms with E-state index in [-0.39, 0.29) is 26.1 Å². The molecule has 0 radical (unpaired) electrons. The molecule has 0 amide bonds. The van der Waals surface area contributed by atoms with Crippen molar-refractivity contribution in [3.63, 3.8) is 0 Å². The molecule has 2 atom stereocenters. The number of carbonyl (C=O) groups is 2. The number of hydrogen-bond acceptors (Lipinski definition) is 8. The largest absolute Gasteiger partial charge is 0.756 e. The summed E-state index contributed by atoms with van der Waals surface area (Å²) >= 11 is 0. The van der Waals surface area contributed by atoms with Crippen molar-refractivity contribution in [3.05, 3.63) is 109 Å². The Labute approximate surface area is 366 Å². The summed E-state index contributed by atoms with van der Waals surface area (Å²) in [6.45, 7) is 3.90. The Hall–Kier alpha value is -3.33. The molecule has 0 aromatic rings. The van der Waals surface area contributed by atoms with Gasteiger partial charge in [-0.05, 0) is 96.3 Å². The number of carbonyl (C=O) groups excluding carboxylic acids is 2. The number of rotatable bonds is 39. The number of nitrogens with zero attached hydrogens (tertiary/aromatic N) is 1. The second-order valence-electron chi connectivity index (χ2n) is 15.6. The summed E-state index contributed by atoms with van der Waals surface area (Å²) in [7, 11) is 1.10. The molecule has 0 aliphatic heterocycles. The molecule has 0 aromatic carbocycles. The average molecular weight is 856 g/mol. The van der Waals surface area contributed by atoms with Crippen molar-refractivity contribution in [2.45, 2.75) is 148 Å². The van der Waals surface area contributed by atoms with Gasteiger partial charge in [0.15, 0.2) is 6.10 Å². The van der Waals surface area contributed by atoms with Crippen LogP contribution in [-0.2, 0) is 32.7 Å². The topological polar surface area (TPSA) is 111 Å². The lowest BCUT2D eigenvalue weighted by molar-refractivity contribution is -0.870. The summed E-state index contributed by atoms with van der Waals surface area (Å²) in [4.78, 5) is 37.6. The smallest absolute Gasteiger partial charge is 0.306 e. The SMILES string of the molecule is CC/C=C\C/C=C\C/C=C\C/C=C\C/C=C\CCCCCC(=O)O[C@H](COC(=O)CCCCCC/C=C\C/C=C\C/C=C\C/C=C\CC)COP(=O)([O-])OCC[N+](C)(C)C. The van der Waals surface area contributed by atoms with Crippen LogP contribution in [0.3, 0.4) is 0 Å². The number of phosphoric acid groups is 1. The number of likely N-dealkylation sites (N-methyl/N-ethyl adjacent to an activating group) is 1. The Balaban J connectivity index is 4.48. The van der Waals surface area contributed by atoms with Crippen molar-refractivity contribution in [2.75, 3.05) is 47.5 Å². The number of hydrogen-bond donors (Lipinski definition) is 0. The van der Waals surface area contributed by atoms with E-state index in [2.05, 4.69) is 123 Å². The van der Waals surface area contributed by atoms with E-state index >= 15 is 0 Å². The first-order valence-corrected chi connectivity index (χ1v) is 24.1. The summed E-state index contributed by atoms with van der Waals surface area (Å²) in [5.74, 6) is -0.913. The Morgan fingerprint density at radius 2 is 0.900 bits per heavy atom. The Bertz CT molecular complexity index is 1380. The molecule has 0 spiro atoms. The van der Waals surface area contributed by atoms with Gasteiger partial charge >= 0.3 is 11.9 Å². The van der Waals surface area contributed by atoms with E-state index in [0.29, 0.717) is 23.9 Å². The molecule has 0 heterocycles. The fourth-order valence-corrected chi connectivity index (χ4v) is 6.05. The first-order chi connectivity index (χ1) is 29.0. The predicted molar refractivity (Wildman–Crippen MR) is 249 cm³/mol. The number of ether oxygens (including phenoxy) is 2. The minimum Gasteiger partial charge on any atom is -0.756 e. The third-order valence-electron chi connectivity index (χ3n) is 8.79. The number of unbranched alkanes of at least 4 members (excludes halogenated alkanes) is 7. The molecule has 0 saturated heterocycles. The van der Waals surface area contributed by atoms with E-state index in [1.54, 1.807) is 0 Å². The van der Waals surface area contributed by atoms with Gasteiger partial charge in [-0.3, -0.25) is 14.2 Å². The quantitative estimate of drug-likeness (QED) is 0.0198. The molecule has 10 heteroatoms. The summed E-state index contributed by atoms with van der Waals surface area (Å²) in [5, 5.41) is 0. The standard InChI is InChI=1S/C50H82NO8P/c1-6-8-10-12-14-16-18-20-22-24-25-27-29-31-33-35-37-39-41-43-50(53)59-48(47-58-60(54,55)57-45-44-51(3,4)5)46-56-49(52)42-40-38-36-34-32-30-28-26-23-21-19-17-15-13-11-9-7-2/h8-11,14-17,20-23,25,27-28,30-31,33,48H,6-7,12-13,18-19,24,26,29,32,34-47H2,1-5H3/b10-8-,11-9-,16-14-,17-15-,22-20-,23-21-,27-25-,30-28-,33-31-/t48-/m1/s1. The van der Waals surface area contributed by atoms with Crippen LogP contribution in [0.1, 0.15) is 142 Å². The van der Waals surface area contributed by atoms with Crippen LogP contribution < -0.4 is 4.89 Å². The lowest BCUT2D eigenvalue weighted by Crippen LogP contribution is -2.37. The molecule has 0 aliphatic carbocycles.